The number of nitrogens with one attached hydrogen (secondary N) is 2. The second kappa shape index (κ2) is 17.1. The molecule has 1 aliphatic heterocycles. The van der Waals surface area contributed by atoms with Gasteiger partial charge in [0.1, 0.15) is 11.4 Å². The normalized spacial score (nSPS) is 17.0. The number of aliphatic hydroxyl groups excluding tert-OH is 1. The standard InChI is InChI=1S/C36H43Cl2N3O9/c1-35(2,3)50-30(43)14-15-36(34(44)41-39-21-22-18-28(45-4)31(47-6)29(19-22)46-5)32(26-13-10-24(37)20-27(26)38)49-33(40-36)23-8-11-25(12-9-23)48-17-7-16-42/h8-13,18-20,32,39,42H,7,14-17,21H2,1-6H3,(H,41,44)/t32-,36-/m0/s1. The number of hydrogen-bond acceptors (Lipinski definition) is 11. The first-order valence-electron chi connectivity index (χ1n) is 15.9. The third-order valence-corrected chi connectivity index (χ3v) is 8.19. The van der Waals surface area contributed by atoms with E-state index in [-0.39, 0.29) is 36.9 Å². The molecule has 1 amide bonds. The minimum Gasteiger partial charge on any atom is -0.494 e. The zero-order chi connectivity index (χ0) is 36.5. The Bertz CT molecular complexity index is 1650. The maximum absolute atomic E-state index is 14.4. The van der Waals surface area contributed by atoms with Crippen LogP contribution in [0.3, 0.4) is 0 Å². The zero-order valence-corrected chi connectivity index (χ0v) is 30.4. The lowest BCUT2D eigenvalue weighted by Crippen LogP contribution is -2.52. The number of methoxy groups -OCH3 is 3. The van der Waals surface area contributed by atoms with Gasteiger partial charge in [-0.1, -0.05) is 29.3 Å². The van der Waals surface area contributed by atoms with Crippen molar-refractivity contribution in [3.63, 3.8) is 0 Å². The minimum absolute atomic E-state index is 0.0160. The highest BCUT2D eigenvalue weighted by Crippen LogP contribution is 2.46. The summed E-state index contributed by atoms with van der Waals surface area (Å²) in [6.45, 7) is 5.82. The molecule has 0 bridgehead atoms. The summed E-state index contributed by atoms with van der Waals surface area (Å²) in [5.74, 6) is 0.984. The van der Waals surface area contributed by atoms with Crippen LogP contribution in [0.2, 0.25) is 10.0 Å². The third-order valence-electron chi connectivity index (χ3n) is 7.62. The Kier molecular flexibility index (Phi) is 13.2. The molecular formula is C36H43Cl2N3O9. The number of halogens is 2. The molecule has 14 heteroatoms. The number of aliphatic imine (C=N–C) groups is 1. The summed E-state index contributed by atoms with van der Waals surface area (Å²) in [7, 11) is 4.54. The predicted molar refractivity (Wildman–Crippen MR) is 189 cm³/mol. The molecule has 1 aliphatic rings. The van der Waals surface area contributed by atoms with E-state index in [2.05, 4.69) is 10.9 Å². The van der Waals surface area contributed by atoms with Gasteiger partial charge in [-0.3, -0.25) is 15.0 Å². The van der Waals surface area contributed by atoms with Crippen LogP contribution in [0.5, 0.6) is 23.0 Å². The molecule has 4 rings (SSSR count). The Morgan fingerprint density at radius 3 is 2.24 bits per heavy atom. The quantitative estimate of drug-likeness (QED) is 0.0914. The van der Waals surface area contributed by atoms with Gasteiger partial charge in [-0.2, -0.15) is 0 Å². The van der Waals surface area contributed by atoms with Gasteiger partial charge < -0.3 is 33.5 Å². The molecule has 3 aromatic rings. The van der Waals surface area contributed by atoms with Gasteiger partial charge in [0, 0.05) is 47.2 Å². The van der Waals surface area contributed by atoms with Gasteiger partial charge in [0.2, 0.25) is 11.6 Å². The van der Waals surface area contributed by atoms with Crippen molar-refractivity contribution in [3.05, 3.63) is 81.3 Å². The molecule has 0 saturated carbocycles. The van der Waals surface area contributed by atoms with Crippen molar-refractivity contribution in [2.75, 3.05) is 34.5 Å². The lowest BCUT2D eigenvalue weighted by molar-refractivity contribution is -0.155. The first-order chi connectivity index (χ1) is 23.8. The van der Waals surface area contributed by atoms with E-state index in [1.807, 2.05) is 0 Å². The molecule has 0 fully saturated rings. The zero-order valence-electron chi connectivity index (χ0n) is 28.9. The van der Waals surface area contributed by atoms with Crippen LogP contribution in [-0.4, -0.2) is 68.6 Å². The SMILES string of the molecule is COc1cc(CNNC(=O)[C@@]2(CCC(=O)OC(C)(C)C)N=C(c3ccc(OCCCO)cc3)O[C@H]2c2ccc(Cl)cc2Cl)cc(OC)c1OC. The number of carbonyl (C=O) groups is 2. The number of benzene rings is 3. The molecule has 3 aromatic carbocycles. The Balaban J connectivity index is 1.72. The summed E-state index contributed by atoms with van der Waals surface area (Å²) in [6, 6.07) is 15.3. The van der Waals surface area contributed by atoms with Crippen LogP contribution in [0.1, 0.15) is 62.8 Å². The van der Waals surface area contributed by atoms with Crippen LogP contribution in [-0.2, 0) is 25.6 Å². The molecular weight excluding hydrogens is 689 g/mol. The van der Waals surface area contributed by atoms with E-state index < -0.39 is 29.1 Å². The van der Waals surface area contributed by atoms with Crippen LogP contribution in [0.15, 0.2) is 59.6 Å². The van der Waals surface area contributed by atoms with E-state index in [1.165, 1.54) is 21.3 Å². The molecule has 0 unspecified atom stereocenters. The highest BCUT2D eigenvalue weighted by Gasteiger charge is 2.54. The first kappa shape index (κ1) is 38.6. The lowest BCUT2D eigenvalue weighted by atomic mass is 9.83. The summed E-state index contributed by atoms with van der Waals surface area (Å²) in [5.41, 5.74) is 5.04. The number of rotatable bonds is 16. The third kappa shape index (κ3) is 9.51. The van der Waals surface area contributed by atoms with E-state index >= 15 is 0 Å². The molecule has 270 valence electrons. The van der Waals surface area contributed by atoms with E-state index in [0.29, 0.717) is 57.7 Å². The van der Waals surface area contributed by atoms with Crippen molar-refractivity contribution in [3.8, 4) is 23.0 Å². The molecule has 2 atom stereocenters. The van der Waals surface area contributed by atoms with Crippen molar-refractivity contribution >= 4 is 41.0 Å². The molecule has 12 nitrogen and oxygen atoms in total. The van der Waals surface area contributed by atoms with Crippen molar-refractivity contribution < 1.29 is 43.1 Å². The Morgan fingerprint density at radius 1 is 0.980 bits per heavy atom. The summed E-state index contributed by atoms with van der Waals surface area (Å²) in [4.78, 5) is 32.4. The first-order valence-corrected chi connectivity index (χ1v) is 16.7. The molecule has 1 heterocycles. The van der Waals surface area contributed by atoms with Gasteiger partial charge in [0.25, 0.3) is 5.91 Å². The average molecular weight is 733 g/mol. The van der Waals surface area contributed by atoms with Gasteiger partial charge in [-0.05, 0) is 81.3 Å². The molecule has 0 aromatic heterocycles. The van der Waals surface area contributed by atoms with Gasteiger partial charge in [-0.25, -0.2) is 10.4 Å². The number of esters is 1. The van der Waals surface area contributed by atoms with Crippen LogP contribution >= 0.6 is 23.2 Å². The summed E-state index contributed by atoms with van der Waals surface area (Å²) in [5, 5.41) is 9.73. The van der Waals surface area contributed by atoms with Gasteiger partial charge in [0.15, 0.2) is 23.1 Å². The number of hydrazine groups is 1. The van der Waals surface area contributed by atoms with Gasteiger partial charge >= 0.3 is 5.97 Å². The lowest BCUT2D eigenvalue weighted by Gasteiger charge is -2.31. The fraction of sp³-hybridized carbons (Fsp3) is 0.417. The topological polar surface area (TPSA) is 146 Å². The molecule has 50 heavy (non-hydrogen) atoms. The Morgan fingerprint density at radius 2 is 1.66 bits per heavy atom. The molecule has 0 aliphatic carbocycles. The summed E-state index contributed by atoms with van der Waals surface area (Å²) < 4.78 is 34.1. The fourth-order valence-electron chi connectivity index (χ4n) is 5.32. The van der Waals surface area contributed by atoms with E-state index in [0.717, 1.165) is 0 Å². The molecule has 0 saturated heterocycles. The molecule has 3 N–H and O–H groups in total. The fourth-order valence-corrected chi connectivity index (χ4v) is 5.83. The van der Waals surface area contributed by atoms with E-state index in [1.54, 1.807) is 75.4 Å². The monoisotopic (exact) mass is 731 g/mol. The highest BCUT2D eigenvalue weighted by atomic mass is 35.5. The number of amides is 1. The number of aliphatic hydroxyl groups is 1. The average Bonchev–Trinajstić information content (AvgIpc) is 3.47. The van der Waals surface area contributed by atoms with E-state index in [4.69, 9.17) is 61.7 Å². The minimum atomic E-state index is -1.69. The second-order valence-electron chi connectivity index (χ2n) is 12.4. The Hall–Kier alpha value is -4.23. The Labute approximate surface area is 301 Å². The number of hydrogen-bond donors (Lipinski definition) is 3. The van der Waals surface area contributed by atoms with Crippen molar-refractivity contribution in [2.24, 2.45) is 4.99 Å². The highest BCUT2D eigenvalue weighted by molar-refractivity contribution is 6.35. The summed E-state index contributed by atoms with van der Waals surface area (Å²) >= 11 is 12.9. The van der Waals surface area contributed by atoms with E-state index in [9.17, 15) is 9.59 Å². The van der Waals surface area contributed by atoms with Gasteiger partial charge in [-0.15, -0.1) is 0 Å². The molecule has 0 radical (unpaired) electrons. The number of carbonyl (C=O) groups excluding carboxylic acids is 2. The van der Waals surface area contributed by atoms with Crippen LogP contribution in [0.25, 0.3) is 0 Å². The van der Waals surface area contributed by atoms with Crippen molar-refractivity contribution in [1.29, 1.82) is 0 Å². The smallest absolute Gasteiger partial charge is 0.306 e. The second-order valence-corrected chi connectivity index (χ2v) is 13.2. The maximum Gasteiger partial charge on any atom is 0.306 e. The maximum atomic E-state index is 14.4. The predicted octanol–water partition coefficient (Wildman–Crippen LogP) is 5.98. The number of ether oxygens (including phenoxy) is 6. The van der Waals surface area contributed by atoms with Crippen molar-refractivity contribution in [1.82, 2.24) is 10.9 Å². The largest absolute Gasteiger partial charge is 0.494 e. The van der Waals surface area contributed by atoms with Crippen LogP contribution in [0, 0.1) is 0 Å². The van der Waals surface area contributed by atoms with Crippen LogP contribution < -0.4 is 29.8 Å². The van der Waals surface area contributed by atoms with Crippen LogP contribution in [0.4, 0.5) is 0 Å². The van der Waals surface area contributed by atoms with Gasteiger partial charge in [0.05, 0.1) is 27.9 Å². The summed E-state index contributed by atoms with van der Waals surface area (Å²) in [6.07, 6.45) is -0.816. The molecule has 0 spiro atoms. The van der Waals surface area contributed by atoms with Crippen molar-refractivity contribution in [2.45, 2.75) is 63.8 Å². The number of nitrogens with zero attached hydrogens (tertiary/aromatic N) is 1.